The van der Waals surface area contributed by atoms with Crippen LogP contribution in [0, 0.1) is 0 Å². The van der Waals surface area contributed by atoms with Crippen molar-refractivity contribution in [2.24, 2.45) is 0 Å². The lowest BCUT2D eigenvalue weighted by molar-refractivity contribution is -0.131. The Kier molecular flexibility index (Phi) is 7.58. The van der Waals surface area contributed by atoms with Crippen LogP contribution in [0.15, 0.2) is 48.5 Å². The van der Waals surface area contributed by atoms with Crippen LogP contribution in [0.2, 0.25) is 0 Å². The lowest BCUT2D eigenvalue weighted by Crippen LogP contribution is -2.31. The van der Waals surface area contributed by atoms with Crippen LogP contribution in [-0.4, -0.2) is 44.5 Å². The molecule has 0 saturated heterocycles. The molecule has 0 aromatic heterocycles. The van der Waals surface area contributed by atoms with Gasteiger partial charge in [0, 0.05) is 46.0 Å². The molecule has 0 spiro atoms. The van der Waals surface area contributed by atoms with Gasteiger partial charge in [0.1, 0.15) is 6.61 Å². The van der Waals surface area contributed by atoms with E-state index >= 15 is 0 Å². The zero-order valence-electron chi connectivity index (χ0n) is 17.2. The number of methoxy groups -OCH3 is 1. The molecule has 2 aromatic carbocycles. The van der Waals surface area contributed by atoms with Gasteiger partial charge in [0.05, 0.1) is 6.04 Å². The third-order valence-corrected chi connectivity index (χ3v) is 4.62. The monoisotopic (exact) mass is 383 g/mol. The first-order valence-electron chi connectivity index (χ1n) is 9.24. The quantitative estimate of drug-likeness (QED) is 0.758. The van der Waals surface area contributed by atoms with E-state index in [-0.39, 0.29) is 24.5 Å². The molecule has 2 amide bonds. The van der Waals surface area contributed by atoms with Crippen LogP contribution >= 0.6 is 0 Å². The summed E-state index contributed by atoms with van der Waals surface area (Å²) in [6.07, 6.45) is 0. The molecule has 1 unspecified atom stereocenters. The van der Waals surface area contributed by atoms with Crippen molar-refractivity contribution in [3.8, 4) is 0 Å². The Labute approximate surface area is 167 Å². The lowest BCUT2D eigenvalue weighted by atomic mass is 10.0. The lowest BCUT2D eigenvalue weighted by Gasteiger charge is -2.30. The Bertz CT molecular complexity index is 806. The summed E-state index contributed by atoms with van der Waals surface area (Å²) in [5.74, 6) is -0.220. The molecule has 6 heteroatoms. The zero-order valence-corrected chi connectivity index (χ0v) is 17.2. The van der Waals surface area contributed by atoms with E-state index in [4.69, 9.17) is 4.74 Å². The molecular formula is C22H29N3O3. The molecule has 6 nitrogen and oxygen atoms in total. The number of amides is 2. The number of hydrogen-bond donors (Lipinski definition) is 1. The zero-order chi connectivity index (χ0) is 20.7. The summed E-state index contributed by atoms with van der Waals surface area (Å²) in [6.45, 7) is 4.04. The Morgan fingerprint density at radius 1 is 1.11 bits per heavy atom. The highest BCUT2D eigenvalue weighted by molar-refractivity contribution is 5.92. The first-order valence-corrected chi connectivity index (χ1v) is 9.24. The average molecular weight is 383 g/mol. The van der Waals surface area contributed by atoms with Crippen LogP contribution in [0.1, 0.15) is 31.0 Å². The fourth-order valence-electron chi connectivity index (χ4n) is 3.17. The van der Waals surface area contributed by atoms with E-state index in [9.17, 15) is 9.59 Å². The molecule has 0 aliphatic heterocycles. The van der Waals surface area contributed by atoms with Crippen molar-refractivity contribution in [1.29, 1.82) is 0 Å². The molecule has 0 fully saturated rings. The molecule has 0 aliphatic rings. The van der Waals surface area contributed by atoms with Gasteiger partial charge in [-0.25, -0.2) is 0 Å². The molecule has 0 heterocycles. The Morgan fingerprint density at radius 2 is 1.79 bits per heavy atom. The predicted molar refractivity (Wildman–Crippen MR) is 112 cm³/mol. The van der Waals surface area contributed by atoms with E-state index in [1.807, 2.05) is 79.3 Å². The molecule has 1 atom stereocenters. The number of nitrogens with zero attached hydrogens (tertiary/aromatic N) is 2. The van der Waals surface area contributed by atoms with Crippen LogP contribution in [0.25, 0.3) is 0 Å². The number of carbonyl (C=O) groups is 2. The summed E-state index contributed by atoms with van der Waals surface area (Å²) >= 11 is 0. The van der Waals surface area contributed by atoms with E-state index in [1.54, 1.807) is 6.92 Å². The van der Waals surface area contributed by atoms with Gasteiger partial charge in [-0.2, -0.15) is 0 Å². The summed E-state index contributed by atoms with van der Waals surface area (Å²) in [5, 5.41) is 2.83. The summed E-state index contributed by atoms with van der Waals surface area (Å²) in [5.41, 5.74) is 3.71. The van der Waals surface area contributed by atoms with Gasteiger partial charge in [0.25, 0.3) is 0 Å². The number of nitrogens with one attached hydrogen (secondary N) is 1. The molecule has 0 radical (unpaired) electrons. The highest BCUT2D eigenvalue weighted by Crippen LogP contribution is 2.28. The van der Waals surface area contributed by atoms with Crippen LogP contribution in [0.4, 0.5) is 11.4 Å². The number of hydrogen-bond acceptors (Lipinski definition) is 4. The molecule has 2 rings (SSSR count). The third kappa shape index (κ3) is 5.57. The van der Waals surface area contributed by atoms with Crippen molar-refractivity contribution in [2.75, 3.05) is 38.0 Å². The van der Waals surface area contributed by atoms with Crippen molar-refractivity contribution >= 4 is 23.2 Å². The van der Waals surface area contributed by atoms with Gasteiger partial charge >= 0.3 is 0 Å². The Balaban J connectivity index is 2.33. The Morgan fingerprint density at radius 3 is 2.36 bits per heavy atom. The van der Waals surface area contributed by atoms with E-state index in [0.717, 1.165) is 16.8 Å². The van der Waals surface area contributed by atoms with Crippen LogP contribution in [0.5, 0.6) is 0 Å². The minimum Gasteiger partial charge on any atom is -0.377 e. The number of carbonyl (C=O) groups excluding carboxylic acids is 2. The number of anilines is 2. The Hall–Kier alpha value is -2.86. The second-order valence-corrected chi connectivity index (χ2v) is 6.95. The first kappa shape index (κ1) is 21.4. The first-order chi connectivity index (χ1) is 13.3. The van der Waals surface area contributed by atoms with Gasteiger partial charge in [0.2, 0.25) is 11.8 Å². The van der Waals surface area contributed by atoms with Crippen molar-refractivity contribution in [1.82, 2.24) is 4.90 Å². The maximum Gasteiger partial charge on any atom is 0.250 e. The van der Waals surface area contributed by atoms with E-state index in [1.165, 1.54) is 7.11 Å². The highest BCUT2D eigenvalue weighted by atomic mass is 16.5. The molecule has 0 saturated carbocycles. The predicted octanol–water partition coefficient (Wildman–Crippen LogP) is 3.45. The molecule has 1 N–H and O–H groups in total. The highest BCUT2D eigenvalue weighted by Gasteiger charge is 2.21. The number of rotatable bonds is 8. The van der Waals surface area contributed by atoms with Gasteiger partial charge in [-0.3, -0.25) is 9.59 Å². The van der Waals surface area contributed by atoms with Crippen molar-refractivity contribution < 1.29 is 14.3 Å². The maximum atomic E-state index is 12.4. The summed E-state index contributed by atoms with van der Waals surface area (Å²) in [7, 11) is 5.40. The second kappa shape index (κ2) is 9.90. The molecule has 150 valence electrons. The average Bonchev–Trinajstić information content (AvgIpc) is 2.66. The number of benzene rings is 2. The second-order valence-electron chi connectivity index (χ2n) is 6.95. The van der Waals surface area contributed by atoms with Crippen LogP contribution in [-0.2, 0) is 20.9 Å². The largest absolute Gasteiger partial charge is 0.377 e. The molecule has 0 bridgehead atoms. The summed E-state index contributed by atoms with van der Waals surface area (Å²) in [6, 6.07) is 15.6. The van der Waals surface area contributed by atoms with Gasteiger partial charge < -0.3 is 19.9 Å². The van der Waals surface area contributed by atoms with Crippen LogP contribution in [0.3, 0.4) is 0 Å². The van der Waals surface area contributed by atoms with E-state index < -0.39 is 0 Å². The minimum absolute atomic E-state index is 0.00459. The summed E-state index contributed by atoms with van der Waals surface area (Å²) < 4.78 is 4.87. The fraction of sp³-hybridized carbons (Fsp3) is 0.364. The fourth-order valence-corrected chi connectivity index (χ4v) is 3.17. The normalized spacial score (nSPS) is 11.6. The van der Waals surface area contributed by atoms with E-state index in [2.05, 4.69) is 5.32 Å². The van der Waals surface area contributed by atoms with Gasteiger partial charge in [0.15, 0.2) is 0 Å². The number of ether oxygens (including phenoxy) is 1. The minimum atomic E-state index is -0.216. The van der Waals surface area contributed by atoms with Crippen LogP contribution < -0.4 is 10.2 Å². The van der Waals surface area contributed by atoms with Crippen molar-refractivity contribution in [3.05, 3.63) is 59.7 Å². The summed E-state index contributed by atoms with van der Waals surface area (Å²) in [4.78, 5) is 28.1. The van der Waals surface area contributed by atoms with Gasteiger partial charge in [-0.15, -0.1) is 0 Å². The molecule has 0 aliphatic carbocycles. The maximum absolute atomic E-state index is 12.4. The molecular weight excluding hydrogens is 354 g/mol. The van der Waals surface area contributed by atoms with Gasteiger partial charge in [-0.05, 0) is 36.2 Å². The van der Waals surface area contributed by atoms with Crippen molar-refractivity contribution in [2.45, 2.75) is 26.4 Å². The topological polar surface area (TPSA) is 61.9 Å². The van der Waals surface area contributed by atoms with Gasteiger partial charge in [-0.1, -0.05) is 30.3 Å². The standard InChI is InChI=1S/C22H29N3O3/c1-16(18-9-7-6-8-10-18)25(17(2)26)14-19-13-20(23-22(27)15-28-5)11-12-21(19)24(3)4/h6-13,16H,14-15H2,1-5H3,(H,23,27). The van der Waals surface area contributed by atoms with Crippen molar-refractivity contribution in [3.63, 3.8) is 0 Å². The SMILES string of the molecule is COCC(=O)Nc1ccc(N(C)C)c(CN(C(C)=O)C(C)c2ccccc2)c1. The smallest absolute Gasteiger partial charge is 0.250 e. The van der Waals surface area contributed by atoms with E-state index in [0.29, 0.717) is 12.2 Å². The third-order valence-electron chi connectivity index (χ3n) is 4.62. The molecule has 2 aromatic rings. The molecule has 28 heavy (non-hydrogen) atoms.